The highest BCUT2D eigenvalue weighted by atomic mass is 19.4. The fourth-order valence-corrected chi connectivity index (χ4v) is 6.90. The van der Waals surface area contributed by atoms with Gasteiger partial charge in [-0.25, -0.2) is 14.6 Å². The van der Waals surface area contributed by atoms with Crippen LogP contribution < -0.4 is 10.6 Å². The van der Waals surface area contributed by atoms with E-state index in [-0.39, 0.29) is 42.6 Å². The van der Waals surface area contributed by atoms with Crippen LogP contribution in [0.1, 0.15) is 79.9 Å². The molecule has 5 rings (SSSR count). The van der Waals surface area contributed by atoms with Crippen molar-refractivity contribution in [3.63, 3.8) is 0 Å². The minimum absolute atomic E-state index is 0.00547. The van der Waals surface area contributed by atoms with E-state index in [2.05, 4.69) is 15.6 Å². The standard InChI is InChI=1S/C41H46F3N3O6/c1-24-18-30(38(50)52-5)15-17-33(24)27-10-6-25(7-11-27)19-31(37(49)46-32-16-14-29-21-36(41(42,43)44)47-34(29)22-32)20-35(48)28-12-8-26(9-13-28)23-45-39(51)53-40(2,3)4/h6-7,10-11,14-18,22,26,28,31H,8-9,12-13,19-21,23H2,1-5H3,(H,45,51)(H,46,49)/t26?,28?,31-/m1/s1. The van der Waals surface area contributed by atoms with Crippen LogP contribution in [0.3, 0.4) is 0 Å². The molecule has 282 valence electrons. The molecule has 2 amide bonds. The van der Waals surface area contributed by atoms with Crippen LogP contribution >= 0.6 is 0 Å². The number of hydrogen-bond donors (Lipinski definition) is 2. The van der Waals surface area contributed by atoms with Crippen LogP contribution in [0.5, 0.6) is 0 Å². The Morgan fingerprint density at radius 1 is 0.925 bits per heavy atom. The molecular weight excluding hydrogens is 687 g/mol. The quantitative estimate of drug-likeness (QED) is 0.190. The van der Waals surface area contributed by atoms with Crippen molar-refractivity contribution in [2.75, 3.05) is 19.0 Å². The van der Waals surface area contributed by atoms with Gasteiger partial charge in [-0.3, -0.25) is 9.59 Å². The van der Waals surface area contributed by atoms with Gasteiger partial charge in [0.25, 0.3) is 0 Å². The Morgan fingerprint density at radius 3 is 2.25 bits per heavy atom. The number of amides is 2. The Morgan fingerprint density at radius 2 is 1.62 bits per heavy atom. The van der Waals surface area contributed by atoms with Gasteiger partial charge in [-0.15, -0.1) is 0 Å². The first-order chi connectivity index (χ1) is 25.0. The highest BCUT2D eigenvalue weighted by Gasteiger charge is 2.38. The molecule has 53 heavy (non-hydrogen) atoms. The van der Waals surface area contributed by atoms with Crippen LogP contribution in [-0.4, -0.2) is 54.9 Å². The second-order valence-corrected chi connectivity index (χ2v) is 15.0. The number of carbonyl (C=O) groups is 4. The van der Waals surface area contributed by atoms with E-state index in [4.69, 9.17) is 9.47 Å². The van der Waals surface area contributed by atoms with Crippen molar-refractivity contribution in [3.8, 4) is 11.1 Å². The molecular formula is C41H46F3N3O6. The van der Waals surface area contributed by atoms with Crippen molar-refractivity contribution in [1.29, 1.82) is 0 Å². The maximum Gasteiger partial charge on any atom is 0.429 e. The number of hydrogen-bond acceptors (Lipinski definition) is 7. The summed E-state index contributed by atoms with van der Waals surface area (Å²) < 4.78 is 50.0. The van der Waals surface area contributed by atoms with E-state index in [1.54, 1.807) is 39.0 Å². The lowest BCUT2D eigenvalue weighted by Gasteiger charge is -2.29. The van der Waals surface area contributed by atoms with Gasteiger partial charge in [-0.1, -0.05) is 36.4 Å². The molecule has 0 bridgehead atoms. The van der Waals surface area contributed by atoms with Gasteiger partial charge in [-0.05, 0) is 118 Å². The molecule has 1 atom stereocenters. The summed E-state index contributed by atoms with van der Waals surface area (Å²) in [6.45, 7) is 7.76. The van der Waals surface area contributed by atoms with Crippen LogP contribution in [0.2, 0.25) is 0 Å². The number of anilines is 1. The monoisotopic (exact) mass is 733 g/mol. The lowest BCUT2D eigenvalue weighted by Crippen LogP contribution is -2.37. The molecule has 0 unspecified atom stereocenters. The summed E-state index contributed by atoms with van der Waals surface area (Å²) in [5.74, 6) is -1.61. The Labute approximate surface area is 307 Å². The molecule has 1 aliphatic carbocycles. The summed E-state index contributed by atoms with van der Waals surface area (Å²) in [5.41, 5.74) is 3.42. The van der Waals surface area contributed by atoms with Gasteiger partial charge in [0.05, 0.1) is 18.4 Å². The van der Waals surface area contributed by atoms with Crippen molar-refractivity contribution in [3.05, 3.63) is 82.9 Å². The lowest BCUT2D eigenvalue weighted by molar-refractivity contribution is -0.129. The first kappa shape index (κ1) is 39.2. The van der Waals surface area contributed by atoms with Crippen molar-refractivity contribution in [2.45, 2.75) is 84.4 Å². The van der Waals surface area contributed by atoms with E-state index in [0.717, 1.165) is 35.1 Å². The van der Waals surface area contributed by atoms with Crippen LogP contribution in [0, 0.1) is 24.7 Å². The molecule has 2 N–H and O–H groups in total. The summed E-state index contributed by atoms with van der Waals surface area (Å²) in [4.78, 5) is 55.4. The summed E-state index contributed by atoms with van der Waals surface area (Å²) in [5, 5.41) is 5.66. The van der Waals surface area contributed by atoms with Crippen LogP contribution in [0.15, 0.2) is 65.7 Å². The minimum atomic E-state index is -4.54. The third-order valence-electron chi connectivity index (χ3n) is 9.74. The summed E-state index contributed by atoms with van der Waals surface area (Å²) in [7, 11) is 1.33. The number of carbonyl (C=O) groups excluding carboxylic acids is 4. The summed E-state index contributed by atoms with van der Waals surface area (Å²) in [6, 6.07) is 17.5. The number of benzene rings is 3. The van der Waals surface area contributed by atoms with E-state index < -0.39 is 41.4 Å². The van der Waals surface area contributed by atoms with Gasteiger partial charge < -0.3 is 20.1 Å². The predicted octanol–water partition coefficient (Wildman–Crippen LogP) is 8.73. The number of halogens is 3. The molecule has 0 radical (unpaired) electrons. The topological polar surface area (TPSA) is 123 Å². The number of aryl methyl sites for hydroxylation is 1. The molecule has 3 aromatic rings. The molecule has 12 heteroatoms. The molecule has 0 aromatic heterocycles. The highest BCUT2D eigenvalue weighted by Crippen LogP contribution is 2.36. The van der Waals surface area contributed by atoms with Gasteiger partial charge in [0.15, 0.2) is 0 Å². The number of alkyl carbamates (subject to hydrolysis) is 1. The number of ketones is 1. The van der Waals surface area contributed by atoms with Gasteiger partial charge in [0, 0.05) is 36.9 Å². The third-order valence-corrected chi connectivity index (χ3v) is 9.74. The number of Topliss-reactive ketones (excluding diaryl/α,β-unsaturated/α-hetero) is 1. The number of alkyl halides is 3. The highest BCUT2D eigenvalue weighted by molar-refractivity contribution is 6.00. The second-order valence-electron chi connectivity index (χ2n) is 15.0. The smallest absolute Gasteiger partial charge is 0.429 e. The van der Waals surface area contributed by atoms with E-state index in [0.29, 0.717) is 36.2 Å². The number of esters is 1. The Bertz CT molecular complexity index is 1870. The van der Waals surface area contributed by atoms with Crippen molar-refractivity contribution in [2.24, 2.45) is 22.7 Å². The zero-order chi connectivity index (χ0) is 38.5. The average Bonchev–Trinajstić information content (AvgIpc) is 3.54. The van der Waals surface area contributed by atoms with Crippen molar-refractivity contribution >= 4 is 40.8 Å². The first-order valence-corrected chi connectivity index (χ1v) is 17.9. The molecule has 1 fully saturated rings. The number of rotatable bonds is 11. The normalized spacial score (nSPS) is 17.6. The zero-order valence-electron chi connectivity index (χ0n) is 30.7. The number of fused-ring (bicyclic) bond motifs is 1. The zero-order valence-corrected chi connectivity index (χ0v) is 30.7. The average molecular weight is 734 g/mol. The van der Waals surface area contributed by atoms with Gasteiger partial charge in [0.2, 0.25) is 5.91 Å². The lowest BCUT2D eigenvalue weighted by atomic mass is 9.77. The molecule has 9 nitrogen and oxygen atoms in total. The van der Waals surface area contributed by atoms with Crippen molar-refractivity contribution in [1.82, 2.24) is 5.32 Å². The second kappa shape index (κ2) is 16.3. The predicted molar refractivity (Wildman–Crippen MR) is 196 cm³/mol. The van der Waals surface area contributed by atoms with Crippen molar-refractivity contribution < 1.29 is 41.8 Å². The van der Waals surface area contributed by atoms with Gasteiger partial charge in [0.1, 0.15) is 17.1 Å². The van der Waals surface area contributed by atoms with Gasteiger partial charge in [-0.2, -0.15) is 13.2 Å². The fourth-order valence-electron chi connectivity index (χ4n) is 6.90. The number of nitrogens with zero attached hydrogens (tertiary/aromatic N) is 1. The minimum Gasteiger partial charge on any atom is -0.465 e. The van der Waals surface area contributed by atoms with Gasteiger partial charge >= 0.3 is 18.2 Å². The molecule has 0 spiro atoms. The molecule has 1 heterocycles. The SMILES string of the molecule is COC(=O)c1ccc(-c2ccc(C[C@H](CC(=O)C3CCC(CNC(=O)OC(C)(C)C)CC3)C(=O)Nc3ccc4c(c3)N=C(C(F)(F)F)C4)cc2)c(C)c1. The fraction of sp³-hybridized carbons (Fsp3) is 0.439. The third kappa shape index (κ3) is 10.5. The number of methoxy groups -OCH3 is 1. The van der Waals surface area contributed by atoms with E-state index in [1.165, 1.54) is 19.2 Å². The largest absolute Gasteiger partial charge is 0.465 e. The molecule has 1 aliphatic heterocycles. The van der Waals surface area contributed by atoms with Crippen LogP contribution in [0.25, 0.3) is 11.1 Å². The maximum absolute atomic E-state index is 13.8. The molecule has 1 saturated carbocycles. The maximum atomic E-state index is 13.8. The molecule has 0 saturated heterocycles. The van der Waals surface area contributed by atoms with E-state index in [1.807, 2.05) is 37.3 Å². The van der Waals surface area contributed by atoms with E-state index in [9.17, 15) is 32.3 Å². The number of aliphatic imine (C=N–C) groups is 1. The Hall–Kier alpha value is -5.00. The number of ether oxygens (including phenoxy) is 2. The molecule has 2 aliphatic rings. The summed E-state index contributed by atoms with van der Waals surface area (Å²) in [6.07, 6.45) is -2.30. The van der Waals surface area contributed by atoms with Crippen LogP contribution in [-0.2, 0) is 31.9 Å². The Kier molecular flexibility index (Phi) is 12.1. The summed E-state index contributed by atoms with van der Waals surface area (Å²) >= 11 is 0. The Balaban J connectivity index is 1.28. The van der Waals surface area contributed by atoms with Crippen LogP contribution in [0.4, 0.5) is 29.3 Å². The molecule has 3 aromatic carbocycles. The van der Waals surface area contributed by atoms with E-state index >= 15 is 0 Å². The first-order valence-electron chi connectivity index (χ1n) is 17.9. The number of nitrogens with one attached hydrogen (secondary N) is 2.